The lowest BCUT2D eigenvalue weighted by atomic mass is 10.2. The Balaban J connectivity index is 2.01. The number of carbonyl (C=O) groups is 1. The molecule has 0 saturated carbocycles. The van der Waals surface area contributed by atoms with Gasteiger partial charge in [0.05, 0.1) is 12.0 Å². The highest BCUT2D eigenvalue weighted by Gasteiger charge is 2.25. The van der Waals surface area contributed by atoms with Crippen LogP contribution in [0.15, 0.2) is 29.4 Å². The van der Waals surface area contributed by atoms with Gasteiger partial charge in [-0.2, -0.15) is 15.4 Å². The smallest absolute Gasteiger partial charge is 0.259 e. The number of carbonyl (C=O) groups excluding carboxylic acids is 1. The molecule has 5 nitrogen and oxygen atoms in total. The third kappa shape index (κ3) is 3.53. The van der Waals surface area contributed by atoms with E-state index in [9.17, 15) is 4.79 Å². The lowest BCUT2D eigenvalue weighted by Crippen LogP contribution is -2.22. The molecule has 1 aliphatic rings. The van der Waals surface area contributed by atoms with E-state index in [0.29, 0.717) is 15.8 Å². The minimum atomic E-state index is -0.111. The highest BCUT2D eigenvalue weighted by atomic mass is 32.2. The number of hydrogen-bond acceptors (Lipinski definition) is 6. The molecule has 1 saturated heterocycles. The van der Waals surface area contributed by atoms with E-state index in [1.54, 1.807) is 30.5 Å². The van der Waals surface area contributed by atoms with E-state index in [-0.39, 0.29) is 12.5 Å². The van der Waals surface area contributed by atoms with E-state index in [1.807, 2.05) is 6.07 Å². The molecule has 0 radical (unpaired) electrons. The molecule has 0 spiro atoms. The lowest BCUT2D eigenvalue weighted by Gasteiger charge is -2.06. The fraction of sp³-hybridized carbons (Fsp3) is 0.167. The van der Waals surface area contributed by atoms with Crippen LogP contribution in [0, 0.1) is 11.3 Å². The molecule has 0 bridgehead atoms. The van der Waals surface area contributed by atoms with Gasteiger partial charge in [0.25, 0.3) is 5.91 Å². The molecule has 19 heavy (non-hydrogen) atoms. The largest absolute Gasteiger partial charge is 0.479 e. The minimum absolute atomic E-state index is 0.0151. The number of ether oxygens (including phenoxy) is 1. The van der Waals surface area contributed by atoms with E-state index < -0.39 is 0 Å². The molecule has 0 atom stereocenters. The van der Waals surface area contributed by atoms with Crippen LogP contribution in [0.25, 0.3) is 0 Å². The van der Waals surface area contributed by atoms with Crippen molar-refractivity contribution in [1.82, 2.24) is 5.01 Å². The standard InChI is InChI=1S/C12H9N3O2S2/c13-5-6-17-10-3-1-9(2-4-10)7-14-15-11(16)8-19-12(15)18/h1-4,7H,6,8H2/b14-7-. The first kappa shape index (κ1) is 13.5. The average Bonchev–Trinajstić information content (AvgIpc) is 2.75. The van der Waals surface area contributed by atoms with Crippen LogP contribution in [0.2, 0.25) is 0 Å². The fourth-order valence-electron chi connectivity index (χ4n) is 1.35. The van der Waals surface area contributed by atoms with Gasteiger partial charge in [0.1, 0.15) is 11.8 Å². The van der Waals surface area contributed by atoms with Gasteiger partial charge in [-0.25, -0.2) is 0 Å². The third-order valence-electron chi connectivity index (χ3n) is 2.23. The number of thiocarbonyl (C=S) groups is 1. The van der Waals surface area contributed by atoms with Crippen molar-refractivity contribution in [2.75, 3.05) is 12.4 Å². The first-order chi connectivity index (χ1) is 9.20. The number of nitrogens with zero attached hydrogens (tertiary/aromatic N) is 3. The van der Waals surface area contributed by atoms with Crippen molar-refractivity contribution in [2.24, 2.45) is 5.10 Å². The van der Waals surface area contributed by atoms with Crippen LogP contribution in [0.3, 0.4) is 0 Å². The van der Waals surface area contributed by atoms with E-state index in [0.717, 1.165) is 5.56 Å². The van der Waals surface area contributed by atoms with Crippen molar-refractivity contribution in [1.29, 1.82) is 5.26 Å². The summed E-state index contributed by atoms with van der Waals surface area (Å²) in [6, 6.07) is 8.93. The summed E-state index contributed by atoms with van der Waals surface area (Å²) in [7, 11) is 0. The summed E-state index contributed by atoms with van der Waals surface area (Å²) in [6.45, 7) is 0.0151. The average molecular weight is 291 g/mol. The summed E-state index contributed by atoms with van der Waals surface area (Å²) in [6.07, 6.45) is 1.56. The van der Waals surface area contributed by atoms with Crippen LogP contribution < -0.4 is 4.74 Å². The normalized spacial score (nSPS) is 15.0. The number of amides is 1. The lowest BCUT2D eigenvalue weighted by molar-refractivity contribution is -0.123. The third-order valence-corrected chi connectivity index (χ3v) is 3.57. The summed E-state index contributed by atoms with van der Waals surface area (Å²) >= 11 is 6.31. The second-order valence-corrected chi connectivity index (χ2v) is 5.13. The molecule has 96 valence electrons. The number of thioether (sulfide) groups is 1. The second kappa shape index (κ2) is 6.31. The summed E-state index contributed by atoms with van der Waals surface area (Å²) in [5.41, 5.74) is 0.816. The van der Waals surface area contributed by atoms with Crippen LogP contribution >= 0.6 is 24.0 Å². The molecule has 1 aromatic rings. The maximum Gasteiger partial charge on any atom is 0.259 e. The number of hydrogen-bond donors (Lipinski definition) is 0. The van der Waals surface area contributed by atoms with Gasteiger partial charge in [-0.05, 0) is 29.8 Å². The Morgan fingerprint density at radius 1 is 1.53 bits per heavy atom. The Bertz CT molecular complexity index is 547. The quantitative estimate of drug-likeness (QED) is 0.625. The predicted molar refractivity (Wildman–Crippen MR) is 77.0 cm³/mol. The van der Waals surface area contributed by atoms with Crippen LogP contribution in [-0.4, -0.2) is 33.8 Å². The van der Waals surface area contributed by atoms with Crippen molar-refractivity contribution in [3.05, 3.63) is 29.8 Å². The van der Waals surface area contributed by atoms with Crippen LogP contribution in [0.4, 0.5) is 0 Å². The van der Waals surface area contributed by atoms with Crippen LogP contribution in [0.5, 0.6) is 5.75 Å². The Morgan fingerprint density at radius 3 is 2.84 bits per heavy atom. The number of hydrazone groups is 1. The topological polar surface area (TPSA) is 65.7 Å². The Morgan fingerprint density at radius 2 is 2.26 bits per heavy atom. The van der Waals surface area contributed by atoms with Gasteiger partial charge in [-0.1, -0.05) is 24.0 Å². The van der Waals surface area contributed by atoms with E-state index in [2.05, 4.69) is 5.10 Å². The Hall–Kier alpha value is -1.91. The first-order valence-corrected chi connectivity index (χ1v) is 6.73. The molecule has 7 heteroatoms. The number of nitriles is 1. The monoisotopic (exact) mass is 291 g/mol. The van der Waals surface area contributed by atoms with Crippen molar-refractivity contribution in [3.8, 4) is 11.8 Å². The first-order valence-electron chi connectivity index (χ1n) is 5.34. The molecule has 2 rings (SSSR count). The molecule has 0 unspecified atom stereocenters. The van der Waals surface area contributed by atoms with Crippen molar-refractivity contribution in [2.45, 2.75) is 0 Å². The van der Waals surface area contributed by atoms with E-state index in [4.69, 9.17) is 22.2 Å². The summed E-state index contributed by atoms with van der Waals surface area (Å²) < 4.78 is 5.60. The molecular weight excluding hydrogens is 282 g/mol. The van der Waals surface area contributed by atoms with Gasteiger partial charge in [-0.15, -0.1) is 0 Å². The molecule has 0 aliphatic carbocycles. The minimum Gasteiger partial charge on any atom is -0.479 e. The van der Waals surface area contributed by atoms with Gasteiger partial charge >= 0.3 is 0 Å². The zero-order chi connectivity index (χ0) is 13.7. The maximum atomic E-state index is 11.4. The summed E-state index contributed by atoms with van der Waals surface area (Å²) in [4.78, 5) is 11.4. The summed E-state index contributed by atoms with van der Waals surface area (Å²) in [5.74, 6) is 0.846. The van der Waals surface area contributed by atoms with E-state index >= 15 is 0 Å². The molecule has 1 aliphatic heterocycles. The molecule has 0 N–H and O–H groups in total. The molecule has 1 aromatic carbocycles. The van der Waals surface area contributed by atoms with Crippen molar-refractivity contribution >= 4 is 40.4 Å². The fourth-order valence-corrected chi connectivity index (χ4v) is 2.32. The van der Waals surface area contributed by atoms with Crippen LogP contribution in [-0.2, 0) is 4.79 Å². The molecule has 0 aromatic heterocycles. The van der Waals surface area contributed by atoms with Crippen molar-refractivity contribution < 1.29 is 9.53 Å². The van der Waals surface area contributed by atoms with Gasteiger partial charge in [0, 0.05) is 0 Å². The molecular formula is C12H9N3O2S2. The highest BCUT2D eigenvalue weighted by molar-refractivity contribution is 8.23. The Kier molecular flexibility index (Phi) is 4.49. The van der Waals surface area contributed by atoms with Crippen molar-refractivity contribution in [3.63, 3.8) is 0 Å². The molecule has 1 fully saturated rings. The zero-order valence-corrected chi connectivity index (χ0v) is 11.4. The van der Waals surface area contributed by atoms with E-state index in [1.165, 1.54) is 16.8 Å². The van der Waals surface area contributed by atoms with Crippen LogP contribution in [0.1, 0.15) is 5.56 Å². The number of rotatable bonds is 4. The molecule has 1 amide bonds. The number of benzene rings is 1. The van der Waals surface area contributed by atoms with Gasteiger partial charge in [-0.3, -0.25) is 4.79 Å². The second-order valence-electron chi connectivity index (χ2n) is 3.52. The van der Waals surface area contributed by atoms with Gasteiger partial charge in [0.2, 0.25) is 0 Å². The summed E-state index contributed by atoms with van der Waals surface area (Å²) in [5, 5.41) is 13.7. The highest BCUT2D eigenvalue weighted by Crippen LogP contribution is 2.19. The SMILES string of the molecule is N#CCOc1ccc(/C=N\N2C(=O)CSC2=S)cc1. The maximum absolute atomic E-state index is 11.4. The Labute approximate surface area is 119 Å². The zero-order valence-electron chi connectivity index (χ0n) is 9.78. The van der Waals surface area contributed by atoms with Gasteiger partial charge < -0.3 is 4.74 Å². The predicted octanol–water partition coefficient (Wildman–Crippen LogP) is 1.78. The molecule has 1 heterocycles. The van der Waals surface area contributed by atoms with Gasteiger partial charge in [0.15, 0.2) is 10.9 Å².